The van der Waals surface area contributed by atoms with Crippen LogP contribution in [0.1, 0.15) is 42.1 Å². The lowest BCUT2D eigenvalue weighted by Crippen LogP contribution is -2.27. The average molecular weight is 371 g/mol. The topological polar surface area (TPSA) is 35.9 Å². The van der Waals surface area contributed by atoms with E-state index in [0.717, 1.165) is 56.6 Å². The highest BCUT2D eigenvalue weighted by Gasteiger charge is 2.24. The Kier molecular flexibility index (Phi) is 4.27. The molecule has 0 unspecified atom stereocenters. The van der Waals surface area contributed by atoms with Gasteiger partial charge in [-0.1, -0.05) is 35.9 Å². The number of aliphatic imine (C=N–C) groups is 1. The first kappa shape index (κ1) is 17.2. The summed E-state index contributed by atoms with van der Waals surface area (Å²) in [7, 11) is 0. The molecule has 1 amide bonds. The second-order valence-electron chi connectivity index (χ2n) is 7.97. The minimum atomic E-state index is 0.157. The van der Waals surface area contributed by atoms with Crippen molar-refractivity contribution in [3.05, 3.63) is 59.2 Å². The van der Waals surface area contributed by atoms with Gasteiger partial charge in [-0.15, -0.1) is 0 Å². The van der Waals surface area contributed by atoms with Gasteiger partial charge in [-0.2, -0.15) is 0 Å². The molecule has 0 N–H and O–H groups in total. The van der Waals surface area contributed by atoms with Gasteiger partial charge in [0.25, 0.3) is 5.91 Å². The summed E-state index contributed by atoms with van der Waals surface area (Å²) in [5.74, 6) is 1.33. The van der Waals surface area contributed by atoms with Crippen LogP contribution >= 0.6 is 0 Å². The Morgan fingerprint density at radius 2 is 1.71 bits per heavy atom. The lowest BCUT2D eigenvalue weighted by atomic mass is 10.00. The van der Waals surface area contributed by atoms with E-state index in [9.17, 15) is 4.79 Å². The van der Waals surface area contributed by atoms with Crippen LogP contribution in [0.5, 0.6) is 0 Å². The van der Waals surface area contributed by atoms with Crippen molar-refractivity contribution in [2.45, 2.75) is 26.2 Å². The van der Waals surface area contributed by atoms with E-state index in [4.69, 9.17) is 4.99 Å². The number of amides is 1. The van der Waals surface area contributed by atoms with Crippen molar-refractivity contribution in [2.75, 3.05) is 31.1 Å². The largest absolute Gasteiger partial charge is 0.339 e. The van der Waals surface area contributed by atoms with Crippen LogP contribution in [0.15, 0.2) is 53.0 Å². The van der Waals surface area contributed by atoms with E-state index in [1.807, 2.05) is 17.0 Å². The van der Waals surface area contributed by atoms with Crippen LogP contribution in [-0.2, 0) is 0 Å². The number of nitrogens with zero attached hydrogens (tertiary/aromatic N) is 3. The van der Waals surface area contributed by atoms with Crippen LogP contribution in [0.4, 0.5) is 5.69 Å². The number of hydrogen-bond donors (Lipinski definition) is 0. The summed E-state index contributed by atoms with van der Waals surface area (Å²) in [6, 6.07) is 14.7. The number of anilines is 1. The summed E-state index contributed by atoms with van der Waals surface area (Å²) in [4.78, 5) is 21.6. The van der Waals surface area contributed by atoms with Gasteiger partial charge < -0.3 is 9.80 Å². The molecule has 3 aliphatic heterocycles. The van der Waals surface area contributed by atoms with Gasteiger partial charge in [-0.3, -0.25) is 9.79 Å². The Bertz CT molecular complexity index is 981. The number of likely N-dealkylation sites (tertiary alicyclic amines) is 1. The molecule has 2 aromatic rings. The van der Waals surface area contributed by atoms with Crippen molar-refractivity contribution >= 4 is 23.5 Å². The highest BCUT2D eigenvalue weighted by Crippen LogP contribution is 2.34. The van der Waals surface area contributed by atoms with Gasteiger partial charge in [-0.25, -0.2) is 0 Å². The Hall–Kier alpha value is -2.88. The molecule has 0 spiro atoms. The van der Waals surface area contributed by atoms with Gasteiger partial charge in [0.05, 0.1) is 12.2 Å². The molecular formula is C24H25N3O. The fourth-order valence-electron chi connectivity index (χ4n) is 4.46. The van der Waals surface area contributed by atoms with Crippen LogP contribution in [0.2, 0.25) is 0 Å². The molecule has 0 bridgehead atoms. The average Bonchev–Trinajstić information content (AvgIpc) is 3.38. The molecule has 5 rings (SSSR count). The lowest BCUT2D eigenvalue weighted by Gasteiger charge is -2.21. The molecule has 0 atom stereocenters. The molecular weight excluding hydrogens is 346 g/mol. The Morgan fingerprint density at radius 3 is 2.50 bits per heavy atom. The number of rotatable bonds is 2. The number of carbonyl (C=O) groups is 1. The normalized spacial score (nSPS) is 18.3. The monoisotopic (exact) mass is 371 g/mol. The minimum Gasteiger partial charge on any atom is -0.339 e. The molecule has 4 nitrogen and oxygen atoms in total. The molecule has 1 saturated heterocycles. The highest BCUT2D eigenvalue weighted by molar-refractivity contribution is 6.04. The summed E-state index contributed by atoms with van der Waals surface area (Å²) in [6.07, 6.45) is 5.44. The first-order valence-corrected chi connectivity index (χ1v) is 10.2. The fraction of sp³-hybridized carbons (Fsp3) is 0.333. The summed E-state index contributed by atoms with van der Waals surface area (Å²) in [5.41, 5.74) is 6.95. The quantitative estimate of drug-likeness (QED) is 0.772. The Morgan fingerprint density at radius 1 is 0.964 bits per heavy atom. The van der Waals surface area contributed by atoms with E-state index in [1.165, 1.54) is 28.2 Å². The van der Waals surface area contributed by atoms with Gasteiger partial charge in [0, 0.05) is 31.6 Å². The second kappa shape index (κ2) is 6.93. The smallest absolute Gasteiger partial charge is 0.253 e. The third-order valence-electron chi connectivity index (χ3n) is 5.95. The third kappa shape index (κ3) is 3.03. The number of benzene rings is 2. The van der Waals surface area contributed by atoms with Crippen LogP contribution in [-0.4, -0.2) is 42.8 Å². The first-order valence-electron chi connectivity index (χ1n) is 10.2. The molecule has 28 heavy (non-hydrogen) atoms. The van der Waals surface area contributed by atoms with Crippen molar-refractivity contribution in [2.24, 2.45) is 4.99 Å². The molecule has 142 valence electrons. The predicted molar refractivity (Wildman–Crippen MR) is 115 cm³/mol. The zero-order valence-corrected chi connectivity index (χ0v) is 16.3. The maximum Gasteiger partial charge on any atom is 0.253 e. The summed E-state index contributed by atoms with van der Waals surface area (Å²) in [5, 5.41) is 0. The summed E-state index contributed by atoms with van der Waals surface area (Å²) in [6.45, 7) is 5.78. The lowest BCUT2D eigenvalue weighted by molar-refractivity contribution is 0.0793. The predicted octanol–water partition coefficient (Wildman–Crippen LogP) is 4.62. The van der Waals surface area contributed by atoms with E-state index in [0.29, 0.717) is 0 Å². The molecule has 4 heteroatoms. The number of carbonyl (C=O) groups excluding carboxylic acids is 1. The van der Waals surface area contributed by atoms with Gasteiger partial charge in [0.2, 0.25) is 0 Å². The van der Waals surface area contributed by atoms with E-state index in [-0.39, 0.29) is 5.91 Å². The molecule has 0 radical (unpaired) electrons. The van der Waals surface area contributed by atoms with Gasteiger partial charge in [-0.05, 0) is 54.7 Å². The van der Waals surface area contributed by atoms with Crippen molar-refractivity contribution < 1.29 is 4.79 Å². The maximum absolute atomic E-state index is 12.6. The summed E-state index contributed by atoms with van der Waals surface area (Å²) < 4.78 is 0. The van der Waals surface area contributed by atoms with E-state index < -0.39 is 0 Å². The zero-order valence-electron chi connectivity index (χ0n) is 16.3. The molecule has 2 aromatic carbocycles. The number of hydrogen-bond acceptors (Lipinski definition) is 3. The highest BCUT2D eigenvalue weighted by atomic mass is 16.2. The van der Waals surface area contributed by atoms with Gasteiger partial charge in [0.1, 0.15) is 5.84 Å². The SMILES string of the molecule is CC1=Cc2ccc(-c3ccc(C(=O)N4CCCC4)cc3)cc2N2CCN=C2C1. The van der Waals surface area contributed by atoms with Gasteiger partial charge in [0.15, 0.2) is 0 Å². The number of amidine groups is 1. The fourth-order valence-corrected chi connectivity index (χ4v) is 4.46. The standard InChI is InChI=1S/C24H25N3O/c1-17-14-21-9-8-20(16-22(21)27-13-10-25-23(27)15-17)18-4-6-19(7-5-18)24(28)26-11-2-3-12-26/h4-9,14,16H,2-3,10-13,15H2,1H3. The van der Waals surface area contributed by atoms with Crippen molar-refractivity contribution in [1.82, 2.24) is 4.90 Å². The molecule has 3 aliphatic rings. The minimum absolute atomic E-state index is 0.157. The van der Waals surface area contributed by atoms with Crippen molar-refractivity contribution in [1.29, 1.82) is 0 Å². The van der Waals surface area contributed by atoms with E-state index >= 15 is 0 Å². The molecule has 3 heterocycles. The van der Waals surface area contributed by atoms with E-state index in [1.54, 1.807) is 0 Å². The molecule has 1 fully saturated rings. The third-order valence-corrected chi connectivity index (χ3v) is 5.95. The van der Waals surface area contributed by atoms with E-state index in [2.05, 4.69) is 48.2 Å². The van der Waals surface area contributed by atoms with Crippen LogP contribution in [0.25, 0.3) is 17.2 Å². The van der Waals surface area contributed by atoms with Crippen LogP contribution < -0.4 is 4.90 Å². The zero-order chi connectivity index (χ0) is 19.1. The molecule has 0 saturated carbocycles. The second-order valence-corrected chi connectivity index (χ2v) is 7.97. The Balaban J connectivity index is 1.46. The first-order chi connectivity index (χ1) is 13.7. The number of fused-ring (bicyclic) bond motifs is 3. The van der Waals surface area contributed by atoms with Crippen molar-refractivity contribution in [3.8, 4) is 11.1 Å². The summed E-state index contributed by atoms with van der Waals surface area (Å²) >= 11 is 0. The van der Waals surface area contributed by atoms with Gasteiger partial charge >= 0.3 is 0 Å². The molecule has 0 aromatic heterocycles. The van der Waals surface area contributed by atoms with Crippen molar-refractivity contribution in [3.63, 3.8) is 0 Å². The Labute approximate surface area is 166 Å². The van der Waals surface area contributed by atoms with Crippen LogP contribution in [0.3, 0.4) is 0 Å². The van der Waals surface area contributed by atoms with Crippen LogP contribution in [0, 0.1) is 0 Å². The maximum atomic E-state index is 12.6. The molecule has 0 aliphatic carbocycles.